The number of ether oxygens (including phenoxy) is 1. The predicted octanol–water partition coefficient (Wildman–Crippen LogP) is 4.09. The van der Waals surface area contributed by atoms with Crippen molar-refractivity contribution in [3.8, 4) is 0 Å². The molecule has 1 N–H and O–H groups in total. The Morgan fingerprint density at radius 1 is 1.03 bits per heavy atom. The van der Waals surface area contributed by atoms with E-state index in [1.807, 2.05) is 27.7 Å². The van der Waals surface area contributed by atoms with Crippen molar-refractivity contribution in [2.45, 2.75) is 32.6 Å². The van der Waals surface area contributed by atoms with E-state index in [9.17, 15) is 18.0 Å². The third kappa shape index (κ3) is 5.90. The minimum absolute atomic E-state index is 0.145. The summed E-state index contributed by atoms with van der Waals surface area (Å²) in [6.07, 6.45) is 0. The molecule has 164 valence electrons. The number of thiophene rings is 1. The molecule has 0 saturated carbocycles. The molecular weight excluding hydrogens is 424 g/mol. The number of benzene rings is 1. The van der Waals surface area contributed by atoms with Gasteiger partial charge in [-0.3, -0.25) is 4.79 Å². The van der Waals surface area contributed by atoms with Crippen LogP contribution in [0, 0.1) is 11.8 Å². The molecule has 0 fully saturated rings. The van der Waals surface area contributed by atoms with E-state index in [-0.39, 0.29) is 27.9 Å². The quantitative estimate of drug-likeness (QED) is 0.579. The van der Waals surface area contributed by atoms with Crippen molar-refractivity contribution < 1.29 is 22.7 Å². The molecule has 0 aliphatic heterocycles. The lowest BCUT2D eigenvalue weighted by atomic mass is 10.2. The van der Waals surface area contributed by atoms with Gasteiger partial charge in [0.15, 0.2) is 0 Å². The first kappa shape index (κ1) is 24.0. The highest BCUT2D eigenvalue weighted by Crippen LogP contribution is 2.25. The predicted molar refractivity (Wildman–Crippen MR) is 118 cm³/mol. The Hall–Kier alpha value is -2.23. The number of esters is 1. The Morgan fingerprint density at radius 3 is 2.10 bits per heavy atom. The molecule has 30 heavy (non-hydrogen) atoms. The van der Waals surface area contributed by atoms with Crippen molar-refractivity contribution in [1.29, 1.82) is 0 Å². The number of nitrogens with zero attached hydrogens (tertiary/aromatic N) is 1. The van der Waals surface area contributed by atoms with Gasteiger partial charge in [-0.2, -0.15) is 4.31 Å². The smallest absolute Gasteiger partial charge is 0.340 e. The second kappa shape index (κ2) is 10.2. The van der Waals surface area contributed by atoms with Crippen LogP contribution in [0.5, 0.6) is 0 Å². The van der Waals surface area contributed by atoms with Crippen LogP contribution in [0.25, 0.3) is 0 Å². The van der Waals surface area contributed by atoms with Gasteiger partial charge in [0.25, 0.3) is 5.91 Å². The molecule has 0 saturated heterocycles. The van der Waals surface area contributed by atoms with Crippen molar-refractivity contribution in [3.05, 3.63) is 46.8 Å². The molecule has 1 heterocycles. The van der Waals surface area contributed by atoms with Gasteiger partial charge in [-0.15, -0.1) is 11.3 Å². The highest BCUT2D eigenvalue weighted by atomic mass is 32.2. The van der Waals surface area contributed by atoms with E-state index in [0.717, 1.165) is 0 Å². The number of amides is 1. The van der Waals surface area contributed by atoms with E-state index in [4.69, 9.17) is 4.74 Å². The number of nitrogens with one attached hydrogen (secondary N) is 1. The lowest BCUT2D eigenvalue weighted by Crippen LogP contribution is -2.37. The van der Waals surface area contributed by atoms with Gasteiger partial charge in [0.2, 0.25) is 10.0 Å². The number of methoxy groups -OCH3 is 1. The minimum Gasteiger partial charge on any atom is -0.465 e. The number of carbonyl (C=O) groups is 2. The van der Waals surface area contributed by atoms with Gasteiger partial charge in [-0.1, -0.05) is 27.7 Å². The molecule has 1 aromatic heterocycles. The summed E-state index contributed by atoms with van der Waals surface area (Å²) in [5.74, 6) is -0.590. The van der Waals surface area contributed by atoms with Gasteiger partial charge in [-0.25, -0.2) is 13.2 Å². The van der Waals surface area contributed by atoms with E-state index >= 15 is 0 Å². The standard InChI is InChI=1S/C21H28N2O5S2/c1-14(2)12-23(13-15(3)4)30(26,27)17-8-6-16(7-9-17)19(24)22-20-18(10-11-29-20)21(25)28-5/h6-11,14-15H,12-13H2,1-5H3,(H,22,24). The monoisotopic (exact) mass is 452 g/mol. The van der Waals surface area contributed by atoms with Crippen molar-refractivity contribution in [3.63, 3.8) is 0 Å². The molecule has 9 heteroatoms. The van der Waals surface area contributed by atoms with E-state index in [1.165, 1.54) is 47.0 Å². The second-order valence-corrected chi connectivity index (χ2v) is 10.6. The van der Waals surface area contributed by atoms with Crippen LogP contribution in [0.4, 0.5) is 5.00 Å². The van der Waals surface area contributed by atoms with E-state index in [2.05, 4.69) is 5.32 Å². The first-order valence-corrected chi connectivity index (χ1v) is 12.0. The molecule has 0 unspecified atom stereocenters. The van der Waals surface area contributed by atoms with Gasteiger partial charge in [0, 0.05) is 18.7 Å². The Morgan fingerprint density at radius 2 is 1.60 bits per heavy atom. The molecule has 0 atom stereocenters. The van der Waals surface area contributed by atoms with E-state index in [0.29, 0.717) is 18.1 Å². The Kier molecular flexibility index (Phi) is 8.17. The molecule has 0 bridgehead atoms. The van der Waals surface area contributed by atoms with Gasteiger partial charge in [0.1, 0.15) is 5.00 Å². The average Bonchev–Trinajstić information content (AvgIpc) is 3.14. The number of carbonyl (C=O) groups excluding carboxylic acids is 2. The number of sulfonamides is 1. The summed E-state index contributed by atoms with van der Waals surface area (Å²) in [6.45, 7) is 8.76. The SMILES string of the molecule is COC(=O)c1ccsc1NC(=O)c1ccc(S(=O)(=O)N(CC(C)C)CC(C)C)cc1. The highest BCUT2D eigenvalue weighted by Gasteiger charge is 2.26. The van der Waals surface area contributed by atoms with Crippen LogP contribution in [-0.2, 0) is 14.8 Å². The van der Waals surface area contributed by atoms with E-state index in [1.54, 1.807) is 11.4 Å². The molecule has 2 aromatic rings. The minimum atomic E-state index is -3.66. The second-order valence-electron chi connectivity index (χ2n) is 7.74. The molecule has 2 rings (SSSR count). The van der Waals surface area contributed by atoms with Crippen LogP contribution in [0.1, 0.15) is 48.4 Å². The van der Waals surface area contributed by atoms with Crippen LogP contribution in [0.2, 0.25) is 0 Å². The van der Waals surface area contributed by atoms with Crippen molar-refractivity contribution in [2.24, 2.45) is 11.8 Å². The summed E-state index contributed by atoms with van der Waals surface area (Å²) in [5.41, 5.74) is 0.561. The van der Waals surface area contributed by atoms with Crippen LogP contribution >= 0.6 is 11.3 Å². The normalized spacial score (nSPS) is 11.9. The number of rotatable bonds is 9. The largest absolute Gasteiger partial charge is 0.465 e. The van der Waals surface area contributed by atoms with E-state index < -0.39 is 21.9 Å². The fourth-order valence-corrected chi connectivity index (χ4v) is 5.40. The fraction of sp³-hybridized carbons (Fsp3) is 0.429. The lowest BCUT2D eigenvalue weighted by Gasteiger charge is -2.25. The zero-order valence-electron chi connectivity index (χ0n) is 17.8. The maximum atomic E-state index is 13.1. The molecule has 0 radical (unpaired) electrons. The summed E-state index contributed by atoms with van der Waals surface area (Å²) in [6, 6.07) is 7.38. The first-order valence-electron chi connectivity index (χ1n) is 9.63. The summed E-state index contributed by atoms with van der Waals surface area (Å²) < 4.78 is 32.3. The van der Waals surface area contributed by atoms with Crippen LogP contribution in [0.3, 0.4) is 0 Å². The summed E-state index contributed by atoms with van der Waals surface area (Å²) in [4.78, 5) is 24.4. The Balaban J connectivity index is 2.21. The number of hydrogen-bond donors (Lipinski definition) is 1. The molecule has 1 amide bonds. The molecule has 1 aromatic carbocycles. The molecular formula is C21H28N2O5S2. The zero-order valence-corrected chi connectivity index (χ0v) is 19.5. The van der Waals surface area contributed by atoms with Gasteiger partial charge >= 0.3 is 5.97 Å². The summed E-state index contributed by atoms with van der Waals surface area (Å²) >= 11 is 1.20. The fourth-order valence-electron chi connectivity index (χ4n) is 2.86. The van der Waals surface area contributed by atoms with Crippen LogP contribution < -0.4 is 5.32 Å². The maximum absolute atomic E-state index is 13.1. The number of hydrogen-bond acceptors (Lipinski definition) is 6. The summed E-state index contributed by atoms with van der Waals surface area (Å²) in [5, 5.41) is 4.73. The third-order valence-corrected chi connectivity index (χ3v) is 6.87. The maximum Gasteiger partial charge on any atom is 0.340 e. The van der Waals surface area contributed by atoms with Crippen LogP contribution in [-0.4, -0.2) is 44.8 Å². The molecule has 0 spiro atoms. The molecule has 0 aliphatic carbocycles. The third-order valence-electron chi connectivity index (χ3n) is 4.19. The zero-order chi connectivity index (χ0) is 22.5. The van der Waals surface area contributed by atoms with Crippen LogP contribution in [0.15, 0.2) is 40.6 Å². The summed E-state index contributed by atoms with van der Waals surface area (Å²) in [7, 11) is -2.39. The van der Waals surface area contributed by atoms with Gasteiger partial charge < -0.3 is 10.1 Å². The van der Waals surface area contributed by atoms with Gasteiger partial charge in [0.05, 0.1) is 17.6 Å². The molecule has 7 nitrogen and oxygen atoms in total. The van der Waals surface area contributed by atoms with Gasteiger partial charge in [-0.05, 0) is 47.5 Å². The first-order chi connectivity index (χ1) is 14.1. The molecule has 0 aliphatic rings. The average molecular weight is 453 g/mol. The van der Waals surface area contributed by atoms with Crippen molar-refractivity contribution >= 4 is 38.2 Å². The van der Waals surface area contributed by atoms with Crippen molar-refractivity contribution in [1.82, 2.24) is 4.31 Å². The lowest BCUT2D eigenvalue weighted by molar-refractivity contribution is 0.0602. The Bertz CT molecular complexity index is 969. The Labute approximate surface area is 182 Å². The number of anilines is 1. The van der Waals surface area contributed by atoms with Crippen molar-refractivity contribution in [2.75, 3.05) is 25.5 Å². The highest BCUT2D eigenvalue weighted by molar-refractivity contribution is 7.89. The topological polar surface area (TPSA) is 92.8 Å².